The number of fused-ring (bicyclic) bond motifs is 2. The van der Waals surface area contributed by atoms with Crippen molar-refractivity contribution in [2.24, 2.45) is 0 Å². The smallest absolute Gasteiger partial charge is 0.262 e. The molecule has 28 heavy (non-hydrogen) atoms. The molecule has 0 fully saturated rings. The Morgan fingerprint density at radius 3 is 2.75 bits per heavy atom. The number of nitrogens with zero attached hydrogens (tertiary/aromatic N) is 2. The van der Waals surface area contributed by atoms with Crippen molar-refractivity contribution in [3.8, 4) is 11.4 Å². The fourth-order valence-electron chi connectivity index (χ4n) is 3.74. The van der Waals surface area contributed by atoms with Gasteiger partial charge in [0.2, 0.25) is 5.91 Å². The van der Waals surface area contributed by atoms with Gasteiger partial charge in [-0.1, -0.05) is 0 Å². The topological polar surface area (TPSA) is 85.2 Å². The molecule has 0 aliphatic carbocycles. The summed E-state index contributed by atoms with van der Waals surface area (Å²) in [5, 5.41) is 9.86. The summed E-state index contributed by atoms with van der Waals surface area (Å²) in [5.41, 5.74) is 3.24. The summed E-state index contributed by atoms with van der Waals surface area (Å²) in [6, 6.07) is 9.69. The van der Waals surface area contributed by atoms with Crippen molar-refractivity contribution in [2.45, 2.75) is 12.3 Å². The molecule has 2 aliphatic rings. The van der Waals surface area contributed by atoms with Gasteiger partial charge in [0, 0.05) is 36.5 Å². The zero-order valence-corrected chi connectivity index (χ0v) is 14.6. The summed E-state index contributed by atoms with van der Waals surface area (Å²) < 4.78 is 21.2. The first kappa shape index (κ1) is 16.5. The molecule has 140 valence electrons. The monoisotopic (exact) mass is 378 g/mol. The van der Waals surface area contributed by atoms with Gasteiger partial charge in [-0.25, -0.2) is 9.07 Å². The van der Waals surface area contributed by atoms with Crippen LogP contribution in [-0.4, -0.2) is 28.2 Å². The van der Waals surface area contributed by atoms with Gasteiger partial charge in [0.05, 0.1) is 11.4 Å². The third-order valence-electron chi connectivity index (χ3n) is 4.94. The Labute approximate surface area is 159 Å². The van der Waals surface area contributed by atoms with Gasteiger partial charge in [-0.3, -0.25) is 9.59 Å². The van der Waals surface area contributed by atoms with Gasteiger partial charge in [0.1, 0.15) is 11.6 Å². The van der Waals surface area contributed by atoms with Crippen molar-refractivity contribution in [1.82, 2.24) is 9.78 Å². The van der Waals surface area contributed by atoms with Crippen LogP contribution in [0, 0.1) is 5.82 Å². The molecule has 0 unspecified atom stereocenters. The zero-order valence-electron chi connectivity index (χ0n) is 14.6. The molecular weight excluding hydrogens is 363 g/mol. The highest BCUT2D eigenvalue weighted by atomic mass is 19.1. The third kappa shape index (κ3) is 2.70. The van der Waals surface area contributed by atoms with Crippen molar-refractivity contribution in [3.63, 3.8) is 0 Å². The normalized spacial score (nSPS) is 17.8. The second-order valence-electron chi connectivity index (χ2n) is 6.73. The number of hydrogen-bond acceptors (Lipinski definition) is 4. The Morgan fingerprint density at radius 1 is 1.07 bits per heavy atom. The molecule has 0 spiro atoms. The summed E-state index contributed by atoms with van der Waals surface area (Å²) >= 11 is 0. The maximum atomic E-state index is 14.1. The molecule has 1 aromatic heterocycles. The van der Waals surface area contributed by atoms with E-state index in [1.165, 1.54) is 12.1 Å². The Kier molecular flexibility index (Phi) is 3.65. The summed E-state index contributed by atoms with van der Waals surface area (Å²) in [6.45, 7) is -0.0729. The van der Waals surface area contributed by atoms with Crippen LogP contribution in [0.15, 0.2) is 48.8 Å². The van der Waals surface area contributed by atoms with Crippen molar-refractivity contribution >= 4 is 23.2 Å². The van der Waals surface area contributed by atoms with Crippen molar-refractivity contribution in [2.75, 3.05) is 17.2 Å². The number of carbonyl (C=O) groups excluding carboxylic acids is 2. The van der Waals surface area contributed by atoms with E-state index in [1.807, 2.05) is 0 Å². The van der Waals surface area contributed by atoms with E-state index in [9.17, 15) is 14.0 Å². The number of rotatable bonds is 2. The predicted molar refractivity (Wildman–Crippen MR) is 99.2 cm³/mol. The second-order valence-corrected chi connectivity index (χ2v) is 6.73. The molecule has 2 N–H and O–H groups in total. The van der Waals surface area contributed by atoms with E-state index in [4.69, 9.17) is 4.74 Å². The summed E-state index contributed by atoms with van der Waals surface area (Å²) in [7, 11) is 0. The van der Waals surface area contributed by atoms with E-state index in [0.29, 0.717) is 28.4 Å². The quantitative estimate of drug-likeness (QED) is 0.718. The molecule has 3 aromatic rings. The number of anilines is 2. The lowest BCUT2D eigenvalue weighted by atomic mass is 9.83. The molecule has 7 nitrogen and oxygen atoms in total. The molecule has 1 atom stereocenters. The zero-order chi connectivity index (χ0) is 19.3. The average Bonchev–Trinajstić information content (AvgIpc) is 3.20. The molecule has 2 amide bonds. The molecule has 0 saturated carbocycles. The molecule has 0 bridgehead atoms. The first-order valence-corrected chi connectivity index (χ1v) is 8.78. The summed E-state index contributed by atoms with van der Waals surface area (Å²) in [4.78, 5) is 24.1. The highest BCUT2D eigenvalue weighted by Crippen LogP contribution is 2.44. The lowest BCUT2D eigenvalue weighted by Gasteiger charge is -2.30. The largest absolute Gasteiger partial charge is 0.482 e. The van der Waals surface area contributed by atoms with Gasteiger partial charge in [-0.2, -0.15) is 5.10 Å². The van der Waals surface area contributed by atoms with Gasteiger partial charge in [0.25, 0.3) is 5.91 Å². The number of hydrogen-bond donors (Lipinski definition) is 2. The van der Waals surface area contributed by atoms with Crippen molar-refractivity contribution in [3.05, 3.63) is 65.7 Å². The van der Waals surface area contributed by atoms with Gasteiger partial charge in [0.15, 0.2) is 6.61 Å². The molecule has 0 radical (unpaired) electrons. The highest BCUT2D eigenvalue weighted by molar-refractivity contribution is 5.99. The molecule has 0 saturated heterocycles. The summed E-state index contributed by atoms with van der Waals surface area (Å²) in [5.74, 6) is -0.721. The first-order chi connectivity index (χ1) is 13.6. The van der Waals surface area contributed by atoms with Crippen LogP contribution in [0.25, 0.3) is 5.69 Å². The second kappa shape index (κ2) is 6.19. The maximum Gasteiger partial charge on any atom is 0.262 e. The fraction of sp³-hybridized carbons (Fsp3) is 0.150. The lowest BCUT2D eigenvalue weighted by molar-refractivity contribution is -0.119. The van der Waals surface area contributed by atoms with Crippen molar-refractivity contribution in [1.29, 1.82) is 0 Å². The Bertz CT molecular complexity index is 1110. The van der Waals surface area contributed by atoms with Crippen LogP contribution in [0.3, 0.4) is 0 Å². The van der Waals surface area contributed by atoms with Crippen LogP contribution in [0.1, 0.15) is 23.5 Å². The van der Waals surface area contributed by atoms with Crippen LogP contribution >= 0.6 is 0 Å². The number of nitrogens with one attached hydrogen (secondary N) is 2. The minimum atomic E-state index is -0.400. The third-order valence-corrected chi connectivity index (χ3v) is 4.94. The van der Waals surface area contributed by atoms with E-state index in [2.05, 4.69) is 15.7 Å². The molecule has 8 heteroatoms. The standard InChI is InChI=1S/C20H15FN4O3/c21-11-2-3-17(25-5-1-4-22-25)14(6-11)12-8-19(26)23-15-9-18-16(7-13(12)15)24-20(27)10-28-18/h1-7,9,12H,8,10H2,(H,23,26)(H,24,27)/t12-/m1/s1. The molecule has 3 heterocycles. The number of ether oxygens (including phenoxy) is 1. The predicted octanol–water partition coefficient (Wildman–Crippen LogP) is 2.82. The van der Waals surface area contributed by atoms with Gasteiger partial charge in [-0.15, -0.1) is 0 Å². The number of halogens is 1. The van der Waals surface area contributed by atoms with Crippen LogP contribution in [-0.2, 0) is 9.59 Å². The fourth-order valence-corrected chi connectivity index (χ4v) is 3.74. The van der Waals surface area contributed by atoms with Gasteiger partial charge >= 0.3 is 0 Å². The molecule has 2 aliphatic heterocycles. The van der Waals surface area contributed by atoms with Crippen LogP contribution in [0.4, 0.5) is 15.8 Å². The lowest BCUT2D eigenvalue weighted by Crippen LogP contribution is -2.28. The van der Waals surface area contributed by atoms with Crippen LogP contribution in [0.5, 0.6) is 5.75 Å². The van der Waals surface area contributed by atoms with Gasteiger partial charge in [-0.05, 0) is 41.5 Å². The van der Waals surface area contributed by atoms with E-state index >= 15 is 0 Å². The number of aromatic nitrogens is 2. The minimum Gasteiger partial charge on any atom is -0.482 e. The number of carbonyl (C=O) groups is 2. The SMILES string of the molecule is O=C1COc2cc3c(cc2N1)[C@H](c1cc(F)ccc1-n1cccn1)CC(=O)N3. The first-order valence-electron chi connectivity index (χ1n) is 8.78. The van der Waals surface area contributed by atoms with E-state index in [-0.39, 0.29) is 24.8 Å². The Morgan fingerprint density at radius 2 is 1.93 bits per heavy atom. The average molecular weight is 378 g/mol. The number of benzene rings is 2. The van der Waals surface area contributed by atoms with Crippen molar-refractivity contribution < 1.29 is 18.7 Å². The Hall–Kier alpha value is -3.68. The van der Waals surface area contributed by atoms with Gasteiger partial charge < -0.3 is 15.4 Å². The van der Waals surface area contributed by atoms with E-state index < -0.39 is 11.7 Å². The highest BCUT2D eigenvalue weighted by Gasteiger charge is 2.31. The molecule has 5 rings (SSSR count). The Balaban J connectivity index is 1.69. The minimum absolute atomic E-state index is 0.0729. The molecular formula is C20H15FN4O3. The summed E-state index contributed by atoms with van der Waals surface area (Å²) in [6.07, 6.45) is 3.55. The van der Waals surface area contributed by atoms with Crippen LogP contribution in [0.2, 0.25) is 0 Å². The van der Waals surface area contributed by atoms with Crippen LogP contribution < -0.4 is 15.4 Å². The van der Waals surface area contributed by atoms with E-state index in [0.717, 1.165) is 5.56 Å². The number of amides is 2. The van der Waals surface area contributed by atoms with E-state index in [1.54, 1.807) is 41.3 Å². The maximum absolute atomic E-state index is 14.1. The molecule has 2 aromatic carbocycles.